The molecule has 1 aliphatic rings. The Labute approximate surface area is 215 Å². The van der Waals surface area contributed by atoms with Gasteiger partial charge < -0.3 is 21.1 Å². The molecule has 15 heteroatoms. The van der Waals surface area contributed by atoms with Crippen molar-refractivity contribution in [3.05, 3.63) is 63.7 Å². The number of nitrogens with one attached hydrogen (secondary N) is 3. The van der Waals surface area contributed by atoms with Crippen LogP contribution >= 0.6 is 0 Å². The number of hydrogen-bond acceptors (Lipinski definition) is 5. The smallest absolute Gasteiger partial charge is 0.408 e. The van der Waals surface area contributed by atoms with Gasteiger partial charge in [0.05, 0.1) is 5.39 Å². The van der Waals surface area contributed by atoms with Crippen molar-refractivity contribution in [2.75, 3.05) is 11.9 Å². The van der Waals surface area contributed by atoms with Crippen molar-refractivity contribution >= 4 is 28.9 Å². The Morgan fingerprint density at radius 2 is 1.77 bits per heavy atom. The van der Waals surface area contributed by atoms with E-state index in [0.29, 0.717) is 22.9 Å². The maximum atomic E-state index is 14.8. The molecule has 4 rings (SSSR count). The highest BCUT2D eigenvalue weighted by Crippen LogP contribution is 2.40. The number of pyridine rings is 2. The molecule has 9 nitrogen and oxygen atoms in total. The molecule has 0 saturated heterocycles. The van der Waals surface area contributed by atoms with Gasteiger partial charge >= 0.3 is 12.3 Å². The topological polar surface area (TPSA) is 125 Å². The van der Waals surface area contributed by atoms with Gasteiger partial charge in [-0.15, -0.1) is 0 Å². The summed E-state index contributed by atoms with van der Waals surface area (Å²) < 4.78 is 84.2. The number of benzene rings is 1. The molecular formula is C24H21F6N5O4. The molecule has 1 aliphatic carbocycles. The second-order valence-electron chi connectivity index (χ2n) is 9.09. The van der Waals surface area contributed by atoms with Crippen molar-refractivity contribution in [1.29, 1.82) is 0 Å². The predicted octanol–water partition coefficient (Wildman–Crippen LogP) is 3.94. The van der Waals surface area contributed by atoms with Gasteiger partial charge in [-0.05, 0) is 37.8 Å². The molecule has 4 N–H and O–H groups in total. The minimum atomic E-state index is -4.80. The van der Waals surface area contributed by atoms with E-state index >= 15 is 0 Å². The van der Waals surface area contributed by atoms with Crippen LogP contribution in [-0.2, 0) is 0 Å². The van der Waals surface area contributed by atoms with Crippen molar-refractivity contribution in [3.63, 3.8) is 0 Å². The van der Waals surface area contributed by atoms with Crippen molar-refractivity contribution in [3.8, 4) is 5.69 Å². The molecular weight excluding hydrogens is 536 g/mol. The van der Waals surface area contributed by atoms with Crippen LogP contribution in [0.15, 0.2) is 35.3 Å². The Morgan fingerprint density at radius 3 is 2.33 bits per heavy atom. The summed E-state index contributed by atoms with van der Waals surface area (Å²) in [5.41, 5.74) is -3.24. The number of amides is 2. The third-order valence-corrected chi connectivity index (χ3v) is 6.01. The van der Waals surface area contributed by atoms with E-state index in [-0.39, 0.29) is 30.6 Å². The number of nitrogens with zero attached hydrogens (tertiary/aromatic N) is 2. The number of anilines is 1. The molecule has 0 radical (unpaired) electrons. The highest BCUT2D eigenvalue weighted by Gasteiger charge is 2.49. The lowest BCUT2D eigenvalue weighted by Crippen LogP contribution is -2.48. The number of carbonyl (C=O) groups is 2. The monoisotopic (exact) mass is 557 g/mol. The minimum Gasteiger partial charge on any atom is -0.465 e. The third-order valence-electron chi connectivity index (χ3n) is 6.01. The Morgan fingerprint density at radius 1 is 1.13 bits per heavy atom. The molecule has 3 aromatic rings. The van der Waals surface area contributed by atoms with E-state index < -0.39 is 76.0 Å². The molecule has 0 unspecified atom stereocenters. The Bertz CT molecular complexity index is 1480. The number of fused-ring (bicyclic) bond motifs is 1. The average molecular weight is 557 g/mol. The van der Waals surface area contributed by atoms with Crippen LogP contribution in [-0.4, -0.2) is 51.5 Å². The molecule has 0 bridgehead atoms. The number of rotatable bonds is 8. The normalized spacial score (nSPS) is 15.1. The molecule has 1 fully saturated rings. The first-order valence-corrected chi connectivity index (χ1v) is 11.6. The van der Waals surface area contributed by atoms with Crippen LogP contribution in [0.25, 0.3) is 16.7 Å². The van der Waals surface area contributed by atoms with Gasteiger partial charge in [-0.1, -0.05) is 0 Å². The molecule has 1 saturated carbocycles. The molecule has 1 aromatic carbocycles. The van der Waals surface area contributed by atoms with Gasteiger partial charge in [0.25, 0.3) is 5.91 Å². The number of halogens is 6. The first-order valence-electron chi connectivity index (χ1n) is 11.6. The van der Waals surface area contributed by atoms with E-state index in [2.05, 4.69) is 15.6 Å². The number of alkyl halides is 3. The number of carboxylic acid groups (broad SMARTS) is 1. The molecule has 2 aromatic heterocycles. The SMILES string of the molecule is C[C@@H](CNc1ccc2c(=O)c(C(=O)N[C@@H](C3CC3)C(F)(F)F)cn(-c3c(F)cc(F)cc3F)c2n1)NC(=O)O. The summed E-state index contributed by atoms with van der Waals surface area (Å²) in [6, 6.07) is 0.250. The fourth-order valence-corrected chi connectivity index (χ4v) is 4.03. The maximum absolute atomic E-state index is 14.8. The second-order valence-corrected chi connectivity index (χ2v) is 9.09. The standard InChI is InChI=1S/C24H21F6N5O4/c1-10(32-23(38)39)8-31-17-5-4-13-19(36)14(22(37)34-20(11-2-3-11)24(28,29)30)9-35(21(13)33-17)18-15(26)6-12(25)7-16(18)27/h4-7,9-11,20,32H,2-3,8H2,1H3,(H,31,33)(H,34,37)(H,38,39)/t10-,20-/m0/s1. The number of carbonyl (C=O) groups excluding carboxylic acids is 1. The van der Waals surface area contributed by atoms with Crippen LogP contribution in [0.5, 0.6) is 0 Å². The van der Waals surface area contributed by atoms with Gasteiger partial charge in [0.2, 0.25) is 5.43 Å². The van der Waals surface area contributed by atoms with Crippen LogP contribution in [0, 0.1) is 23.4 Å². The van der Waals surface area contributed by atoms with Gasteiger partial charge in [0.1, 0.15) is 28.9 Å². The zero-order chi connectivity index (χ0) is 28.6. The Kier molecular flexibility index (Phi) is 7.44. The summed E-state index contributed by atoms with van der Waals surface area (Å²) in [7, 11) is 0. The highest BCUT2D eigenvalue weighted by atomic mass is 19.4. The summed E-state index contributed by atoms with van der Waals surface area (Å²) in [4.78, 5) is 41.0. The quantitative estimate of drug-likeness (QED) is 0.311. The van der Waals surface area contributed by atoms with E-state index in [9.17, 15) is 40.7 Å². The van der Waals surface area contributed by atoms with Crippen LogP contribution in [0.2, 0.25) is 0 Å². The lowest BCUT2D eigenvalue weighted by atomic mass is 10.1. The lowest BCUT2D eigenvalue weighted by molar-refractivity contribution is -0.158. The fourth-order valence-electron chi connectivity index (χ4n) is 4.03. The summed E-state index contributed by atoms with van der Waals surface area (Å²) in [6.45, 7) is 1.54. The second kappa shape index (κ2) is 10.5. The van der Waals surface area contributed by atoms with E-state index in [1.54, 1.807) is 5.32 Å². The predicted molar refractivity (Wildman–Crippen MR) is 126 cm³/mol. The summed E-state index contributed by atoms with van der Waals surface area (Å²) in [5.74, 6) is -6.38. The molecule has 2 heterocycles. The average Bonchev–Trinajstić information content (AvgIpc) is 3.65. The summed E-state index contributed by atoms with van der Waals surface area (Å²) in [5, 5.41) is 15.2. The maximum Gasteiger partial charge on any atom is 0.408 e. The van der Waals surface area contributed by atoms with E-state index in [1.807, 2.05) is 0 Å². The summed E-state index contributed by atoms with van der Waals surface area (Å²) in [6.07, 6.45) is -4.99. The van der Waals surface area contributed by atoms with Gasteiger partial charge in [-0.3, -0.25) is 14.2 Å². The van der Waals surface area contributed by atoms with Gasteiger partial charge in [-0.25, -0.2) is 22.9 Å². The largest absolute Gasteiger partial charge is 0.465 e. The first kappa shape index (κ1) is 27.7. The van der Waals surface area contributed by atoms with Gasteiger partial charge in [0, 0.05) is 30.9 Å². The summed E-state index contributed by atoms with van der Waals surface area (Å²) >= 11 is 0. The minimum absolute atomic E-state index is 0.00873. The van der Waals surface area contributed by atoms with Gasteiger partial charge in [0.15, 0.2) is 17.3 Å². The van der Waals surface area contributed by atoms with Gasteiger partial charge in [-0.2, -0.15) is 13.2 Å². The van der Waals surface area contributed by atoms with Crippen LogP contribution in [0.4, 0.5) is 37.0 Å². The molecule has 2 atom stereocenters. The number of hydrogen-bond donors (Lipinski definition) is 4. The zero-order valence-electron chi connectivity index (χ0n) is 20.1. The van der Waals surface area contributed by atoms with Crippen molar-refractivity contribution in [1.82, 2.24) is 20.2 Å². The molecule has 2 amide bonds. The Balaban J connectivity index is 1.83. The first-order chi connectivity index (χ1) is 18.3. The molecule has 39 heavy (non-hydrogen) atoms. The molecule has 208 valence electrons. The zero-order valence-corrected chi connectivity index (χ0v) is 20.1. The van der Waals surface area contributed by atoms with E-state index in [0.717, 1.165) is 6.07 Å². The van der Waals surface area contributed by atoms with Crippen molar-refractivity contribution in [2.24, 2.45) is 5.92 Å². The molecule has 0 spiro atoms. The van der Waals surface area contributed by atoms with Crippen LogP contribution in [0.3, 0.4) is 0 Å². The van der Waals surface area contributed by atoms with E-state index in [1.165, 1.54) is 13.0 Å². The number of aromatic nitrogens is 2. The van der Waals surface area contributed by atoms with Crippen LogP contribution < -0.4 is 21.4 Å². The fraction of sp³-hybridized carbons (Fsp3) is 0.333. The lowest BCUT2D eigenvalue weighted by Gasteiger charge is -2.22. The van der Waals surface area contributed by atoms with Crippen molar-refractivity contribution in [2.45, 2.75) is 38.0 Å². The van der Waals surface area contributed by atoms with E-state index in [4.69, 9.17) is 5.11 Å². The third kappa shape index (κ3) is 6.07. The van der Waals surface area contributed by atoms with Crippen LogP contribution in [0.1, 0.15) is 30.1 Å². The highest BCUT2D eigenvalue weighted by molar-refractivity contribution is 5.97. The Hall–Kier alpha value is -4.30. The molecule has 0 aliphatic heterocycles. The van der Waals surface area contributed by atoms with Crippen molar-refractivity contribution < 1.29 is 41.0 Å².